The fourth-order valence-electron chi connectivity index (χ4n) is 6.11. The maximum atomic E-state index is 4.53. The molecule has 0 spiro atoms. The van der Waals surface area contributed by atoms with Gasteiger partial charge in [0.15, 0.2) is 0 Å². The van der Waals surface area contributed by atoms with Crippen LogP contribution >= 0.6 is 0 Å². The van der Waals surface area contributed by atoms with Gasteiger partial charge in [-0.25, -0.2) is 0 Å². The monoisotopic (exact) mass is 578 g/mol. The van der Waals surface area contributed by atoms with Crippen LogP contribution in [-0.2, 0) is 0 Å². The predicted molar refractivity (Wildman–Crippen MR) is 196 cm³/mol. The number of allylic oxidation sites excluding steroid dienone is 6. The zero-order valence-corrected chi connectivity index (χ0v) is 25.4. The van der Waals surface area contributed by atoms with Gasteiger partial charge in [0.05, 0.1) is 12.2 Å². The largest absolute Gasteiger partial charge is 0.355 e. The van der Waals surface area contributed by atoms with Crippen LogP contribution in [0.25, 0.3) is 49.4 Å². The summed E-state index contributed by atoms with van der Waals surface area (Å²) in [5, 5.41) is 8.56. The van der Waals surface area contributed by atoms with Crippen molar-refractivity contribution in [1.29, 1.82) is 0 Å². The number of fused-ring (bicyclic) bond motifs is 2. The highest BCUT2D eigenvalue weighted by molar-refractivity contribution is 6.04. The highest BCUT2D eigenvalue weighted by Crippen LogP contribution is 2.37. The Morgan fingerprint density at radius 1 is 0.711 bits per heavy atom. The van der Waals surface area contributed by atoms with E-state index in [-0.39, 0.29) is 0 Å². The number of hydrogen-bond acceptors (Lipinski definition) is 2. The minimum atomic E-state index is 0.735. The van der Waals surface area contributed by atoms with Gasteiger partial charge in [-0.05, 0) is 92.4 Å². The van der Waals surface area contributed by atoms with Crippen LogP contribution in [0, 0.1) is 0 Å². The number of benzene rings is 6. The first-order valence-electron chi connectivity index (χ1n) is 15.4. The molecular formula is C43H34N2. The molecule has 1 heterocycles. The van der Waals surface area contributed by atoms with Crippen LogP contribution in [0.4, 0.5) is 11.4 Å². The molecule has 216 valence electrons. The van der Waals surface area contributed by atoms with Crippen LogP contribution in [-0.4, -0.2) is 12.8 Å². The van der Waals surface area contributed by atoms with Crippen LogP contribution in [0.5, 0.6) is 0 Å². The summed E-state index contributed by atoms with van der Waals surface area (Å²) in [7, 11) is 0. The van der Waals surface area contributed by atoms with E-state index in [4.69, 9.17) is 0 Å². The first-order chi connectivity index (χ1) is 22.2. The Balaban J connectivity index is 1.22. The molecule has 2 nitrogen and oxygen atoms in total. The Hall–Kier alpha value is -5.73. The number of anilines is 2. The Kier molecular flexibility index (Phi) is 7.78. The van der Waals surface area contributed by atoms with Gasteiger partial charge in [0.1, 0.15) is 0 Å². The lowest BCUT2D eigenvalue weighted by atomic mass is 9.93. The van der Waals surface area contributed by atoms with Crippen molar-refractivity contribution in [3.05, 3.63) is 175 Å². The molecule has 0 aliphatic carbocycles. The summed E-state index contributed by atoms with van der Waals surface area (Å²) < 4.78 is 0. The van der Waals surface area contributed by atoms with Crippen molar-refractivity contribution in [3.63, 3.8) is 0 Å². The number of nitrogens with zero attached hydrogens (tertiary/aromatic N) is 1. The van der Waals surface area contributed by atoms with Crippen LogP contribution < -0.4 is 5.32 Å². The number of para-hydroxylation sites is 1. The van der Waals surface area contributed by atoms with Gasteiger partial charge >= 0.3 is 0 Å². The molecule has 0 saturated heterocycles. The summed E-state index contributed by atoms with van der Waals surface area (Å²) in [6.07, 6.45) is 10.5. The van der Waals surface area contributed by atoms with Gasteiger partial charge in [-0.2, -0.15) is 0 Å². The predicted octanol–water partition coefficient (Wildman–Crippen LogP) is 11.5. The molecule has 0 aromatic heterocycles. The Morgan fingerprint density at radius 3 is 2.38 bits per heavy atom. The van der Waals surface area contributed by atoms with Gasteiger partial charge in [-0.15, -0.1) is 0 Å². The lowest BCUT2D eigenvalue weighted by Crippen LogP contribution is -1.97. The summed E-state index contributed by atoms with van der Waals surface area (Å²) in [6.45, 7) is 7.36. The molecule has 45 heavy (non-hydrogen) atoms. The first kappa shape index (κ1) is 28.1. The van der Waals surface area contributed by atoms with Crippen molar-refractivity contribution < 1.29 is 0 Å². The molecule has 0 fully saturated rings. The molecule has 0 saturated carbocycles. The SMILES string of the molecule is C=C(/C=C\C(=C/C)c1cccc(-c2cccc3ccccc23)c1)c1ccc2cc(C3=CC=NC3)ccc2c1Nc1ccccc1. The molecule has 6 aromatic carbocycles. The highest BCUT2D eigenvalue weighted by atomic mass is 14.9. The second-order valence-corrected chi connectivity index (χ2v) is 11.3. The minimum absolute atomic E-state index is 0.735. The fourth-order valence-corrected chi connectivity index (χ4v) is 6.11. The highest BCUT2D eigenvalue weighted by Gasteiger charge is 2.13. The van der Waals surface area contributed by atoms with Crippen molar-refractivity contribution in [2.24, 2.45) is 4.99 Å². The van der Waals surface area contributed by atoms with E-state index in [9.17, 15) is 0 Å². The third-order valence-electron chi connectivity index (χ3n) is 8.49. The second-order valence-electron chi connectivity index (χ2n) is 11.3. The van der Waals surface area contributed by atoms with Crippen LogP contribution in [0.15, 0.2) is 163 Å². The summed E-state index contributed by atoms with van der Waals surface area (Å²) >= 11 is 0. The number of nitrogens with one attached hydrogen (secondary N) is 1. The van der Waals surface area contributed by atoms with Crippen molar-refractivity contribution in [2.75, 3.05) is 11.9 Å². The first-order valence-corrected chi connectivity index (χ1v) is 15.4. The zero-order valence-electron chi connectivity index (χ0n) is 25.4. The molecule has 0 atom stereocenters. The Morgan fingerprint density at radius 2 is 1.53 bits per heavy atom. The van der Waals surface area contributed by atoms with E-state index in [1.165, 1.54) is 44.0 Å². The van der Waals surface area contributed by atoms with E-state index < -0.39 is 0 Å². The fraction of sp³-hybridized carbons (Fsp3) is 0.0465. The third kappa shape index (κ3) is 5.79. The summed E-state index contributed by atoms with van der Waals surface area (Å²) in [5.74, 6) is 0. The van der Waals surface area contributed by atoms with E-state index in [1.54, 1.807) is 0 Å². The molecule has 2 heteroatoms. The van der Waals surface area contributed by atoms with Crippen LogP contribution in [0.2, 0.25) is 0 Å². The van der Waals surface area contributed by atoms with E-state index >= 15 is 0 Å². The molecule has 6 aromatic rings. The normalized spacial score (nSPS) is 13.1. The molecule has 7 rings (SSSR count). The lowest BCUT2D eigenvalue weighted by molar-refractivity contribution is 1.30. The average molecular weight is 579 g/mol. The van der Waals surface area contributed by atoms with Gasteiger partial charge in [-0.3, -0.25) is 4.99 Å². The quantitative estimate of drug-likeness (QED) is 0.179. The van der Waals surface area contributed by atoms with Crippen LogP contribution in [0.3, 0.4) is 0 Å². The molecular weight excluding hydrogens is 544 g/mol. The summed E-state index contributed by atoms with van der Waals surface area (Å²) in [6, 6.07) is 45.3. The van der Waals surface area contributed by atoms with Crippen molar-refractivity contribution >= 4 is 55.9 Å². The molecule has 1 aliphatic heterocycles. The van der Waals surface area contributed by atoms with Gasteiger partial charge in [0.25, 0.3) is 0 Å². The van der Waals surface area contributed by atoms with E-state index in [1.807, 2.05) is 12.3 Å². The van der Waals surface area contributed by atoms with E-state index in [0.717, 1.165) is 40.0 Å². The molecule has 1 aliphatic rings. The van der Waals surface area contributed by atoms with Gasteiger partial charge in [0, 0.05) is 22.9 Å². The van der Waals surface area contributed by atoms with Crippen molar-refractivity contribution in [2.45, 2.75) is 6.92 Å². The van der Waals surface area contributed by atoms with Gasteiger partial charge in [0.2, 0.25) is 0 Å². The Bertz CT molecular complexity index is 2170. The third-order valence-corrected chi connectivity index (χ3v) is 8.49. The van der Waals surface area contributed by atoms with Gasteiger partial charge in [-0.1, -0.05) is 128 Å². The molecule has 0 amide bonds. The molecule has 0 radical (unpaired) electrons. The molecule has 1 N–H and O–H groups in total. The maximum Gasteiger partial charge on any atom is 0.0646 e. The average Bonchev–Trinajstić information content (AvgIpc) is 3.64. The summed E-state index contributed by atoms with van der Waals surface area (Å²) in [4.78, 5) is 4.37. The lowest BCUT2D eigenvalue weighted by Gasteiger charge is -2.17. The second kappa shape index (κ2) is 12.5. The van der Waals surface area contributed by atoms with Crippen molar-refractivity contribution in [3.8, 4) is 11.1 Å². The summed E-state index contributed by atoms with van der Waals surface area (Å²) in [5.41, 5.74) is 11.3. The number of rotatable bonds is 8. The topological polar surface area (TPSA) is 24.4 Å². The van der Waals surface area contributed by atoms with E-state index in [0.29, 0.717) is 0 Å². The standard InChI is InChI=1S/C43H34N2/c1-3-31(33-13-9-14-35(27-33)41-18-10-12-32-11-7-8-17-40(32)41)20-19-30(2)39-23-22-36-28-34(37-25-26-44-29-37)21-24-42(36)43(39)45-38-15-5-4-6-16-38/h3-28,45H,2,29H2,1H3/b20-19-,31-3+. The van der Waals surface area contributed by atoms with Crippen molar-refractivity contribution in [1.82, 2.24) is 0 Å². The van der Waals surface area contributed by atoms with E-state index in [2.05, 4.69) is 169 Å². The van der Waals surface area contributed by atoms with Gasteiger partial charge < -0.3 is 5.32 Å². The number of aliphatic imine (C=N–C) groups is 1. The molecule has 0 unspecified atom stereocenters. The molecule has 0 bridgehead atoms. The number of hydrogen-bond donors (Lipinski definition) is 1. The maximum absolute atomic E-state index is 4.53. The van der Waals surface area contributed by atoms with Crippen LogP contribution in [0.1, 0.15) is 23.6 Å². The smallest absolute Gasteiger partial charge is 0.0646 e. The Labute approximate surface area is 265 Å². The zero-order chi connectivity index (χ0) is 30.6. The minimum Gasteiger partial charge on any atom is -0.355 e.